The van der Waals surface area contributed by atoms with Crippen LogP contribution in [0.3, 0.4) is 0 Å². The first-order chi connectivity index (χ1) is 7.74. The predicted octanol–water partition coefficient (Wildman–Crippen LogP) is 2.50. The van der Waals surface area contributed by atoms with Gasteiger partial charge in [0.05, 0.1) is 0 Å². The van der Waals surface area contributed by atoms with E-state index in [1.54, 1.807) is 0 Å². The Morgan fingerprint density at radius 1 is 1.12 bits per heavy atom. The Morgan fingerprint density at radius 3 is 2.56 bits per heavy atom. The fourth-order valence-corrected chi connectivity index (χ4v) is 3.21. The topological polar surface area (TPSA) is 15.3 Å². The van der Waals surface area contributed by atoms with E-state index in [-0.39, 0.29) is 0 Å². The van der Waals surface area contributed by atoms with Gasteiger partial charge in [0, 0.05) is 19.1 Å². The van der Waals surface area contributed by atoms with Gasteiger partial charge in [-0.15, -0.1) is 0 Å². The Bertz CT molecular complexity index is 197. The van der Waals surface area contributed by atoms with E-state index in [4.69, 9.17) is 0 Å². The van der Waals surface area contributed by atoms with Gasteiger partial charge in [-0.1, -0.05) is 26.7 Å². The summed E-state index contributed by atoms with van der Waals surface area (Å²) in [5, 5.41) is 3.57. The van der Waals surface area contributed by atoms with Gasteiger partial charge in [-0.3, -0.25) is 0 Å². The summed E-state index contributed by atoms with van der Waals surface area (Å²) in [4.78, 5) is 2.71. The highest BCUT2D eigenvalue weighted by Gasteiger charge is 2.25. The van der Waals surface area contributed by atoms with Crippen LogP contribution in [0, 0.1) is 11.8 Å². The highest BCUT2D eigenvalue weighted by Crippen LogP contribution is 2.27. The lowest BCUT2D eigenvalue weighted by Crippen LogP contribution is -2.32. The van der Waals surface area contributed by atoms with Gasteiger partial charge >= 0.3 is 0 Å². The van der Waals surface area contributed by atoms with E-state index in [9.17, 15) is 0 Å². The van der Waals surface area contributed by atoms with Crippen molar-refractivity contribution in [2.24, 2.45) is 11.8 Å². The molecule has 1 aliphatic heterocycles. The summed E-state index contributed by atoms with van der Waals surface area (Å²) < 4.78 is 0. The molecule has 0 bridgehead atoms. The normalized spacial score (nSPS) is 28.3. The molecule has 1 atom stereocenters. The van der Waals surface area contributed by atoms with Crippen molar-refractivity contribution < 1.29 is 0 Å². The van der Waals surface area contributed by atoms with Crippen LogP contribution in [0.2, 0.25) is 0 Å². The first-order valence-electron chi connectivity index (χ1n) is 7.20. The summed E-state index contributed by atoms with van der Waals surface area (Å²) in [7, 11) is 0. The first kappa shape index (κ1) is 12.4. The summed E-state index contributed by atoms with van der Waals surface area (Å²) in [5.74, 6) is 1.93. The van der Waals surface area contributed by atoms with Crippen LogP contribution >= 0.6 is 0 Å². The molecule has 0 radical (unpaired) electrons. The summed E-state index contributed by atoms with van der Waals surface area (Å²) >= 11 is 0. The summed E-state index contributed by atoms with van der Waals surface area (Å²) in [6.07, 6.45) is 7.36. The summed E-state index contributed by atoms with van der Waals surface area (Å²) in [6, 6.07) is 0.642. The van der Waals surface area contributed by atoms with Crippen LogP contribution in [0.25, 0.3) is 0 Å². The van der Waals surface area contributed by atoms with E-state index in [0.29, 0.717) is 6.04 Å². The van der Waals surface area contributed by atoms with Crippen LogP contribution in [-0.2, 0) is 0 Å². The molecule has 0 spiro atoms. The standard InChI is InChI=1S/C14H28N2/c1-12(2)15-9-14-7-8-16(11-14)10-13-5-3-4-6-13/h12-15H,3-11H2,1-2H3. The lowest BCUT2D eigenvalue weighted by molar-refractivity contribution is 0.268. The lowest BCUT2D eigenvalue weighted by atomic mass is 10.1. The SMILES string of the molecule is CC(C)NCC1CCN(CC2CCCC2)C1. The van der Waals surface area contributed by atoms with E-state index in [2.05, 4.69) is 24.1 Å². The van der Waals surface area contributed by atoms with Gasteiger partial charge in [-0.05, 0) is 44.2 Å². The van der Waals surface area contributed by atoms with Crippen molar-refractivity contribution in [2.75, 3.05) is 26.2 Å². The average molecular weight is 224 g/mol. The number of rotatable bonds is 5. The van der Waals surface area contributed by atoms with Crippen molar-refractivity contribution in [1.82, 2.24) is 10.2 Å². The molecule has 2 rings (SSSR count). The zero-order valence-corrected chi connectivity index (χ0v) is 11.0. The average Bonchev–Trinajstić information content (AvgIpc) is 2.87. The second-order valence-electron chi connectivity index (χ2n) is 6.13. The van der Waals surface area contributed by atoms with E-state index in [1.165, 1.54) is 58.3 Å². The number of hydrogen-bond acceptors (Lipinski definition) is 2. The van der Waals surface area contributed by atoms with Crippen molar-refractivity contribution in [1.29, 1.82) is 0 Å². The molecule has 0 aromatic rings. The number of likely N-dealkylation sites (tertiary alicyclic amines) is 1. The highest BCUT2D eigenvalue weighted by atomic mass is 15.2. The zero-order chi connectivity index (χ0) is 11.4. The monoisotopic (exact) mass is 224 g/mol. The summed E-state index contributed by atoms with van der Waals surface area (Å²) in [6.45, 7) is 9.78. The minimum Gasteiger partial charge on any atom is -0.314 e. The number of nitrogens with zero attached hydrogens (tertiary/aromatic N) is 1. The maximum absolute atomic E-state index is 3.57. The quantitative estimate of drug-likeness (QED) is 0.772. The molecule has 2 nitrogen and oxygen atoms in total. The number of hydrogen-bond donors (Lipinski definition) is 1. The molecule has 1 heterocycles. The van der Waals surface area contributed by atoms with E-state index >= 15 is 0 Å². The number of nitrogens with one attached hydrogen (secondary N) is 1. The fraction of sp³-hybridized carbons (Fsp3) is 1.00. The molecular weight excluding hydrogens is 196 g/mol. The van der Waals surface area contributed by atoms with Crippen LogP contribution in [0.4, 0.5) is 0 Å². The lowest BCUT2D eigenvalue weighted by Gasteiger charge is -2.20. The molecule has 2 fully saturated rings. The first-order valence-corrected chi connectivity index (χ1v) is 7.20. The minimum atomic E-state index is 0.642. The Labute approximate surface area is 101 Å². The molecule has 0 aromatic heterocycles. The Morgan fingerprint density at radius 2 is 1.88 bits per heavy atom. The molecule has 1 N–H and O–H groups in total. The van der Waals surface area contributed by atoms with Gasteiger partial charge in [0.2, 0.25) is 0 Å². The molecule has 2 heteroatoms. The molecule has 0 aromatic carbocycles. The Balaban J connectivity index is 1.63. The minimum absolute atomic E-state index is 0.642. The van der Waals surface area contributed by atoms with Crippen molar-refractivity contribution in [2.45, 2.75) is 52.0 Å². The molecule has 16 heavy (non-hydrogen) atoms. The third-order valence-corrected chi connectivity index (χ3v) is 4.18. The maximum Gasteiger partial charge on any atom is 0.00224 e. The van der Waals surface area contributed by atoms with Crippen LogP contribution in [-0.4, -0.2) is 37.1 Å². The van der Waals surface area contributed by atoms with Crippen molar-refractivity contribution >= 4 is 0 Å². The van der Waals surface area contributed by atoms with Crippen LogP contribution in [0.5, 0.6) is 0 Å². The van der Waals surface area contributed by atoms with Crippen molar-refractivity contribution in [3.8, 4) is 0 Å². The van der Waals surface area contributed by atoms with Crippen molar-refractivity contribution in [3.63, 3.8) is 0 Å². The molecule has 1 unspecified atom stereocenters. The van der Waals surface area contributed by atoms with Gasteiger partial charge < -0.3 is 10.2 Å². The van der Waals surface area contributed by atoms with Gasteiger partial charge in [0.15, 0.2) is 0 Å². The molecular formula is C14H28N2. The molecule has 1 saturated carbocycles. The van der Waals surface area contributed by atoms with Gasteiger partial charge in [0.1, 0.15) is 0 Å². The molecule has 1 saturated heterocycles. The highest BCUT2D eigenvalue weighted by molar-refractivity contribution is 4.80. The van der Waals surface area contributed by atoms with Gasteiger partial charge in [-0.2, -0.15) is 0 Å². The molecule has 94 valence electrons. The third-order valence-electron chi connectivity index (χ3n) is 4.18. The second kappa shape index (κ2) is 6.02. The zero-order valence-electron chi connectivity index (χ0n) is 11.0. The van der Waals surface area contributed by atoms with Gasteiger partial charge in [0.25, 0.3) is 0 Å². The van der Waals surface area contributed by atoms with Crippen LogP contribution < -0.4 is 5.32 Å². The third kappa shape index (κ3) is 3.74. The van der Waals surface area contributed by atoms with E-state index in [0.717, 1.165) is 11.8 Å². The largest absolute Gasteiger partial charge is 0.314 e. The fourth-order valence-electron chi connectivity index (χ4n) is 3.21. The predicted molar refractivity (Wildman–Crippen MR) is 69.6 cm³/mol. The summed E-state index contributed by atoms with van der Waals surface area (Å²) in [5.41, 5.74) is 0. The van der Waals surface area contributed by atoms with E-state index in [1.807, 2.05) is 0 Å². The second-order valence-corrected chi connectivity index (χ2v) is 6.13. The van der Waals surface area contributed by atoms with Crippen LogP contribution in [0.15, 0.2) is 0 Å². The van der Waals surface area contributed by atoms with E-state index < -0.39 is 0 Å². The molecule has 0 amide bonds. The van der Waals surface area contributed by atoms with Gasteiger partial charge in [-0.25, -0.2) is 0 Å². The van der Waals surface area contributed by atoms with Crippen LogP contribution in [0.1, 0.15) is 46.0 Å². The Kier molecular flexibility index (Phi) is 4.66. The maximum atomic E-state index is 3.57. The Hall–Kier alpha value is -0.0800. The molecule has 1 aliphatic carbocycles. The van der Waals surface area contributed by atoms with Crippen molar-refractivity contribution in [3.05, 3.63) is 0 Å². The molecule has 2 aliphatic rings. The smallest absolute Gasteiger partial charge is 0.00224 e.